The molecule has 1 aliphatic carbocycles. The van der Waals surface area contributed by atoms with Gasteiger partial charge in [0.15, 0.2) is 0 Å². The van der Waals surface area contributed by atoms with Crippen LogP contribution in [0.2, 0.25) is 0 Å². The van der Waals surface area contributed by atoms with Gasteiger partial charge in [-0.25, -0.2) is 0 Å². The fourth-order valence-electron chi connectivity index (χ4n) is 2.86. The van der Waals surface area contributed by atoms with E-state index in [0.717, 1.165) is 6.20 Å². The van der Waals surface area contributed by atoms with Crippen LogP contribution >= 0.6 is 0 Å². The number of carboxylic acids is 1. The molecule has 25 heavy (non-hydrogen) atoms. The van der Waals surface area contributed by atoms with Gasteiger partial charge >= 0.3 is 11.7 Å². The third-order valence-electron chi connectivity index (χ3n) is 4.62. The Morgan fingerprint density at radius 1 is 1.52 bits per heavy atom. The molecule has 1 amide bonds. The van der Waals surface area contributed by atoms with Gasteiger partial charge in [-0.05, 0) is 33.2 Å². The lowest BCUT2D eigenvalue weighted by Crippen LogP contribution is -2.57. The first kappa shape index (κ1) is 18.8. The Balaban J connectivity index is 1.91. The summed E-state index contributed by atoms with van der Waals surface area (Å²) in [5.74, 6) is -1.15. The van der Waals surface area contributed by atoms with E-state index in [0.29, 0.717) is 19.4 Å². The molecule has 10 heteroatoms. The van der Waals surface area contributed by atoms with E-state index in [4.69, 9.17) is 5.11 Å². The van der Waals surface area contributed by atoms with E-state index >= 15 is 0 Å². The highest BCUT2D eigenvalue weighted by Gasteiger charge is 2.39. The summed E-state index contributed by atoms with van der Waals surface area (Å²) in [5, 5.41) is 26.5. The number of carbonyl (C=O) groups is 2. The van der Waals surface area contributed by atoms with Crippen LogP contribution in [0.3, 0.4) is 0 Å². The second-order valence-electron chi connectivity index (χ2n) is 6.71. The number of amides is 1. The van der Waals surface area contributed by atoms with Crippen molar-refractivity contribution >= 4 is 17.6 Å². The first-order chi connectivity index (χ1) is 11.6. The Hall–Kier alpha value is -2.49. The molecule has 1 aromatic heterocycles. The quantitative estimate of drug-likeness (QED) is 0.516. The zero-order valence-electron chi connectivity index (χ0n) is 14.5. The van der Waals surface area contributed by atoms with Crippen LogP contribution in [0.15, 0.2) is 12.4 Å². The number of aliphatic carboxylic acids is 1. The average Bonchev–Trinajstić information content (AvgIpc) is 2.98. The van der Waals surface area contributed by atoms with Crippen molar-refractivity contribution in [2.24, 2.45) is 0 Å². The number of nitrogens with one attached hydrogen (secondary N) is 1. The number of hydrogen-bond acceptors (Lipinski definition) is 6. The normalized spacial score (nSPS) is 20.2. The minimum atomic E-state index is -1.06. The Bertz CT molecular complexity index is 665. The molecule has 1 aliphatic rings. The van der Waals surface area contributed by atoms with E-state index in [1.54, 1.807) is 13.8 Å². The number of aromatic nitrogens is 2. The van der Waals surface area contributed by atoms with Gasteiger partial charge in [0.1, 0.15) is 17.9 Å². The van der Waals surface area contributed by atoms with Crippen molar-refractivity contribution in [2.45, 2.75) is 51.2 Å². The SMILES string of the molecule is CCN(CC(=O)O)C1CC(NC(=O)C(C)(C)n2cc([N+](=O)[O-])cn2)C1. The maximum Gasteiger partial charge on any atom is 0.317 e. The second kappa shape index (κ2) is 7.18. The highest BCUT2D eigenvalue weighted by atomic mass is 16.6. The Kier molecular flexibility index (Phi) is 5.41. The number of likely N-dealkylation sites (N-methyl/N-ethyl adjacent to an activating group) is 1. The maximum atomic E-state index is 12.5. The third kappa shape index (κ3) is 4.13. The van der Waals surface area contributed by atoms with Crippen molar-refractivity contribution in [3.8, 4) is 0 Å². The highest BCUT2D eigenvalue weighted by molar-refractivity contribution is 5.84. The minimum Gasteiger partial charge on any atom is -0.480 e. The topological polar surface area (TPSA) is 131 Å². The molecule has 0 atom stereocenters. The van der Waals surface area contributed by atoms with Crippen molar-refractivity contribution in [1.29, 1.82) is 0 Å². The summed E-state index contributed by atoms with van der Waals surface area (Å²) in [6, 6.07) is 0.102. The Labute approximate surface area is 144 Å². The summed E-state index contributed by atoms with van der Waals surface area (Å²) in [5.41, 5.74) is -1.23. The lowest BCUT2D eigenvalue weighted by molar-refractivity contribution is -0.385. The molecule has 0 spiro atoms. The summed E-state index contributed by atoms with van der Waals surface area (Å²) >= 11 is 0. The molecule has 138 valence electrons. The van der Waals surface area contributed by atoms with Crippen LogP contribution < -0.4 is 5.32 Å². The van der Waals surface area contributed by atoms with Crippen molar-refractivity contribution in [3.63, 3.8) is 0 Å². The van der Waals surface area contributed by atoms with Crippen LogP contribution in [0.4, 0.5) is 5.69 Å². The third-order valence-corrected chi connectivity index (χ3v) is 4.62. The van der Waals surface area contributed by atoms with Crippen molar-refractivity contribution in [1.82, 2.24) is 20.0 Å². The van der Waals surface area contributed by atoms with Gasteiger partial charge in [0.05, 0.1) is 11.5 Å². The van der Waals surface area contributed by atoms with Gasteiger partial charge in [0.2, 0.25) is 5.91 Å². The van der Waals surface area contributed by atoms with Crippen LogP contribution in [0, 0.1) is 10.1 Å². The van der Waals surface area contributed by atoms with Gasteiger partial charge in [-0.1, -0.05) is 6.92 Å². The molecular formula is C15H23N5O5. The number of rotatable bonds is 8. The number of carboxylic acid groups (broad SMARTS) is 1. The molecule has 0 aliphatic heterocycles. The zero-order valence-corrected chi connectivity index (χ0v) is 14.5. The number of hydrogen-bond donors (Lipinski definition) is 2. The van der Waals surface area contributed by atoms with Crippen molar-refractivity contribution in [3.05, 3.63) is 22.5 Å². The summed E-state index contributed by atoms with van der Waals surface area (Å²) in [6.45, 7) is 5.81. The summed E-state index contributed by atoms with van der Waals surface area (Å²) in [6.07, 6.45) is 3.71. The van der Waals surface area contributed by atoms with Gasteiger partial charge in [-0.2, -0.15) is 5.10 Å². The van der Waals surface area contributed by atoms with Crippen molar-refractivity contribution < 1.29 is 19.6 Å². The molecule has 0 aromatic carbocycles. The molecule has 0 saturated heterocycles. The van der Waals surface area contributed by atoms with E-state index in [1.165, 1.54) is 10.9 Å². The van der Waals surface area contributed by atoms with Gasteiger partial charge < -0.3 is 10.4 Å². The molecule has 1 saturated carbocycles. The fourth-order valence-corrected chi connectivity index (χ4v) is 2.86. The first-order valence-electron chi connectivity index (χ1n) is 8.11. The van der Waals surface area contributed by atoms with Crippen LogP contribution in [0.5, 0.6) is 0 Å². The number of carbonyl (C=O) groups excluding carboxylic acids is 1. The molecule has 1 fully saturated rings. The monoisotopic (exact) mass is 353 g/mol. The van der Waals surface area contributed by atoms with Gasteiger partial charge in [0, 0.05) is 12.1 Å². The van der Waals surface area contributed by atoms with Crippen LogP contribution in [-0.4, -0.2) is 61.8 Å². The number of nitrogens with zero attached hydrogens (tertiary/aromatic N) is 4. The molecule has 2 N–H and O–H groups in total. The van der Waals surface area contributed by atoms with Crippen molar-refractivity contribution in [2.75, 3.05) is 13.1 Å². The van der Waals surface area contributed by atoms with Crippen LogP contribution in [0.1, 0.15) is 33.6 Å². The lowest BCUT2D eigenvalue weighted by atomic mass is 9.84. The molecule has 1 heterocycles. The van der Waals surface area contributed by atoms with E-state index in [1.807, 2.05) is 11.8 Å². The van der Waals surface area contributed by atoms with Gasteiger partial charge in [-0.3, -0.25) is 29.3 Å². The predicted octanol–water partition coefficient (Wildman–Crippen LogP) is 0.580. The Morgan fingerprint density at radius 3 is 2.64 bits per heavy atom. The number of nitro groups is 1. The molecule has 10 nitrogen and oxygen atoms in total. The molecule has 0 unspecified atom stereocenters. The first-order valence-corrected chi connectivity index (χ1v) is 8.11. The molecule has 1 aromatic rings. The van der Waals surface area contributed by atoms with Crippen LogP contribution in [-0.2, 0) is 15.1 Å². The van der Waals surface area contributed by atoms with Gasteiger partial charge in [0.25, 0.3) is 0 Å². The molecular weight excluding hydrogens is 330 g/mol. The van der Waals surface area contributed by atoms with E-state index in [2.05, 4.69) is 10.4 Å². The molecule has 0 radical (unpaired) electrons. The van der Waals surface area contributed by atoms with Gasteiger partial charge in [-0.15, -0.1) is 0 Å². The summed E-state index contributed by atoms with van der Waals surface area (Å²) in [4.78, 5) is 35.4. The molecule has 0 bridgehead atoms. The summed E-state index contributed by atoms with van der Waals surface area (Å²) in [7, 11) is 0. The fraction of sp³-hybridized carbons (Fsp3) is 0.667. The Morgan fingerprint density at radius 2 is 2.16 bits per heavy atom. The standard InChI is InChI=1S/C15H23N5O5/c1-4-18(9-13(21)22)11-5-10(6-11)17-14(23)15(2,3)19-8-12(7-16-19)20(24)25/h7-8,10-11H,4-6,9H2,1-3H3,(H,17,23)(H,21,22). The highest BCUT2D eigenvalue weighted by Crippen LogP contribution is 2.27. The summed E-state index contributed by atoms with van der Waals surface area (Å²) < 4.78 is 1.28. The van der Waals surface area contributed by atoms with Crippen LogP contribution in [0.25, 0.3) is 0 Å². The smallest absolute Gasteiger partial charge is 0.317 e. The van der Waals surface area contributed by atoms with E-state index in [9.17, 15) is 19.7 Å². The predicted molar refractivity (Wildman–Crippen MR) is 88.0 cm³/mol. The minimum absolute atomic E-state index is 0.00964. The second-order valence-corrected chi connectivity index (χ2v) is 6.71. The zero-order chi connectivity index (χ0) is 18.8. The van der Waals surface area contributed by atoms with E-state index in [-0.39, 0.29) is 30.2 Å². The lowest BCUT2D eigenvalue weighted by Gasteiger charge is -2.43. The molecule has 2 rings (SSSR count). The van der Waals surface area contributed by atoms with E-state index < -0.39 is 16.4 Å². The largest absolute Gasteiger partial charge is 0.480 e. The average molecular weight is 353 g/mol. The maximum absolute atomic E-state index is 12.5.